The van der Waals surface area contributed by atoms with Gasteiger partial charge in [0.2, 0.25) is 5.91 Å². The first-order chi connectivity index (χ1) is 13.0. The van der Waals surface area contributed by atoms with Gasteiger partial charge in [0.25, 0.3) is 0 Å². The number of carbonyl (C=O) groups is 1. The second-order valence-electron chi connectivity index (χ2n) is 6.05. The predicted octanol–water partition coefficient (Wildman–Crippen LogP) is 4.88. The van der Waals surface area contributed by atoms with Gasteiger partial charge in [0.05, 0.1) is 15.9 Å². The van der Waals surface area contributed by atoms with Crippen molar-refractivity contribution in [1.82, 2.24) is 9.03 Å². The van der Waals surface area contributed by atoms with Gasteiger partial charge in [0.1, 0.15) is 5.82 Å². The molecule has 1 atom stereocenters. The van der Waals surface area contributed by atoms with Crippen LogP contribution in [0.5, 0.6) is 0 Å². The second-order valence-corrected chi connectivity index (χ2v) is 10.8. The van der Waals surface area contributed by atoms with E-state index in [1.54, 1.807) is 35.4 Å². The molecule has 9 heteroatoms. The molecule has 1 aromatic heterocycles. The first-order valence-electron chi connectivity index (χ1n) is 8.61. The molecule has 1 aromatic carbocycles. The van der Waals surface area contributed by atoms with Crippen LogP contribution in [0.1, 0.15) is 11.8 Å². The molecule has 0 spiro atoms. The lowest BCUT2D eigenvalue weighted by molar-refractivity contribution is -0.117. The third kappa shape index (κ3) is 6.40. The molecule has 3 rings (SSSR count). The lowest BCUT2D eigenvalue weighted by atomic mass is 10.3. The van der Waals surface area contributed by atoms with Crippen LogP contribution in [-0.2, 0) is 4.79 Å². The first-order valence-corrected chi connectivity index (χ1v) is 12.2. The Labute approximate surface area is 176 Å². The van der Waals surface area contributed by atoms with Crippen molar-refractivity contribution in [2.45, 2.75) is 29.0 Å². The molecule has 1 aliphatic heterocycles. The predicted molar refractivity (Wildman–Crippen MR) is 117 cm³/mol. The van der Waals surface area contributed by atoms with Gasteiger partial charge in [0.15, 0.2) is 0 Å². The van der Waals surface area contributed by atoms with Crippen molar-refractivity contribution >= 4 is 58.6 Å². The van der Waals surface area contributed by atoms with E-state index < -0.39 is 0 Å². The third-order valence-electron chi connectivity index (χ3n) is 3.90. The van der Waals surface area contributed by atoms with E-state index in [0.717, 1.165) is 28.5 Å². The van der Waals surface area contributed by atoms with Crippen molar-refractivity contribution < 1.29 is 9.18 Å². The minimum atomic E-state index is -0.380. The number of anilines is 1. The van der Waals surface area contributed by atoms with E-state index in [9.17, 15) is 9.18 Å². The maximum Gasteiger partial charge on any atom is 0.242 e. The number of carbonyl (C=O) groups excluding carboxylic acids is 1. The standard InChI is InChI=1S/C18H22FN3OS4/c1-12(21-26-15-5-3-14(19)4-6-15)18(23)20-16-11-17(25-13(16)2)27-22-7-9-24-10-8-22/h3-6,11-12,21H,7-10H2,1-2H3,(H,20,23). The summed E-state index contributed by atoms with van der Waals surface area (Å²) >= 11 is 6.81. The van der Waals surface area contributed by atoms with Crippen LogP contribution in [0.15, 0.2) is 39.4 Å². The van der Waals surface area contributed by atoms with Crippen LogP contribution in [0.25, 0.3) is 0 Å². The number of hydrogen-bond acceptors (Lipinski definition) is 7. The molecule has 0 radical (unpaired) electrons. The largest absolute Gasteiger partial charge is 0.324 e. The number of thioether (sulfide) groups is 1. The zero-order valence-corrected chi connectivity index (χ0v) is 18.4. The molecule has 146 valence electrons. The van der Waals surface area contributed by atoms with E-state index in [1.807, 2.05) is 25.6 Å². The Balaban J connectivity index is 1.51. The highest BCUT2D eigenvalue weighted by Crippen LogP contribution is 2.36. The third-order valence-corrected chi connectivity index (χ3v) is 8.06. The topological polar surface area (TPSA) is 44.4 Å². The van der Waals surface area contributed by atoms with Crippen LogP contribution in [0.2, 0.25) is 0 Å². The Morgan fingerprint density at radius 3 is 2.67 bits per heavy atom. The maximum absolute atomic E-state index is 12.9. The highest BCUT2D eigenvalue weighted by Gasteiger charge is 2.18. The Kier molecular flexibility index (Phi) is 7.92. The number of nitrogens with one attached hydrogen (secondary N) is 2. The summed E-state index contributed by atoms with van der Waals surface area (Å²) in [6, 6.07) is 7.86. The fraction of sp³-hybridized carbons (Fsp3) is 0.389. The molecule has 0 bridgehead atoms. The Morgan fingerprint density at radius 2 is 1.96 bits per heavy atom. The lowest BCUT2D eigenvalue weighted by Gasteiger charge is -2.23. The zero-order chi connectivity index (χ0) is 19.2. The molecule has 2 heterocycles. The summed E-state index contributed by atoms with van der Waals surface area (Å²) in [6.45, 7) is 6.03. The SMILES string of the molecule is Cc1sc(SN2CCSCC2)cc1NC(=O)C(C)NSc1ccc(F)cc1. The van der Waals surface area contributed by atoms with Gasteiger partial charge >= 0.3 is 0 Å². The van der Waals surface area contributed by atoms with E-state index in [2.05, 4.69) is 20.4 Å². The molecule has 1 unspecified atom stereocenters. The van der Waals surface area contributed by atoms with E-state index in [4.69, 9.17) is 0 Å². The van der Waals surface area contributed by atoms with Crippen LogP contribution in [0.3, 0.4) is 0 Å². The van der Waals surface area contributed by atoms with Crippen molar-refractivity contribution in [3.05, 3.63) is 41.0 Å². The maximum atomic E-state index is 12.9. The van der Waals surface area contributed by atoms with Crippen molar-refractivity contribution in [3.8, 4) is 0 Å². The molecule has 1 amide bonds. The molecule has 2 aromatic rings. The highest BCUT2D eigenvalue weighted by molar-refractivity contribution is 8.00. The fourth-order valence-electron chi connectivity index (χ4n) is 2.34. The Hall–Kier alpha value is -0.710. The fourth-order valence-corrected chi connectivity index (χ4v) is 6.50. The molecule has 0 aliphatic carbocycles. The number of hydrogen-bond donors (Lipinski definition) is 2. The van der Waals surface area contributed by atoms with Crippen LogP contribution in [0, 0.1) is 12.7 Å². The van der Waals surface area contributed by atoms with Gasteiger partial charge in [-0.05, 0) is 68.1 Å². The molecule has 1 aliphatic rings. The lowest BCUT2D eigenvalue weighted by Crippen LogP contribution is -2.34. The van der Waals surface area contributed by atoms with E-state index >= 15 is 0 Å². The van der Waals surface area contributed by atoms with Crippen LogP contribution >= 0.6 is 47.0 Å². The van der Waals surface area contributed by atoms with E-state index in [1.165, 1.54) is 39.8 Å². The summed E-state index contributed by atoms with van der Waals surface area (Å²) in [5, 5.41) is 3.01. The molecule has 27 heavy (non-hydrogen) atoms. The smallest absolute Gasteiger partial charge is 0.242 e. The van der Waals surface area contributed by atoms with Gasteiger partial charge in [0, 0.05) is 34.4 Å². The number of thiophene rings is 1. The van der Waals surface area contributed by atoms with Gasteiger partial charge in [-0.15, -0.1) is 11.3 Å². The van der Waals surface area contributed by atoms with Crippen molar-refractivity contribution in [2.24, 2.45) is 0 Å². The molecular weight excluding hydrogens is 421 g/mol. The summed E-state index contributed by atoms with van der Waals surface area (Å²) in [7, 11) is 0. The monoisotopic (exact) mass is 443 g/mol. The van der Waals surface area contributed by atoms with Crippen LogP contribution in [0.4, 0.5) is 10.1 Å². The number of rotatable bonds is 7. The number of benzene rings is 1. The summed E-state index contributed by atoms with van der Waals surface area (Å²) < 4.78 is 19.6. The quantitative estimate of drug-likeness (QED) is 0.595. The van der Waals surface area contributed by atoms with Gasteiger partial charge in [-0.3, -0.25) is 4.79 Å². The normalized spacial score (nSPS) is 16.3. The minimum absolute atomic E-state index is 0.0866. The van der Waals surface area contributed by atoms with Crippen molar-refractivity contribution in [3.63, 3.8) is 0 Å². The number of halogens is 1. The average Bonchev–Trinajstić information content (AvgIpc) is 3.00. The summed E-state index contributed by atoms with van der Waals surface area (Å²) in [4.78, 5) is 14.4. The van der Waals surface area contributed by atoms with Gasteiger partial charge in [-0.1, -0.05) is 0 Å². The molecule has 2 N–H and O–H groups in total. The highest BCUT2D eigenvalue weighted by atomic mass is 32.2. The first kappa shape index (κ1) is 21.0. The zero-order valence-electron chi connectivity index (χ0n) is 15.2. The molecule has 0 saturated carbocycles. The number of nitrogens with zero attached hydrogens (tertiary/aromatic N) is 1. The number of aryl methyl sites for hydroxylation is 1. The Morgan fingerprint density at radius 1 is 1.26 bits per heavy atom. The average molecular weight is 444 g/mol. The van der Waals surface area contributed by atoms with Crippen LogP contribution in [-0.4, -0.2) is 40.8 Å². The van der Waals surface area contributed by atoms with Crippen molar-refractivity contribution in [1.29, 1.82) is 0 Å². The summed E-state index contributed by atoms with van der Waals surface area (Å²) in [5.41, 5.74) is 0.874. The van der Waals surface area contributed by atoms with Gasteiger partial charge < -0.3 is 5.32 Å². The summed E-state index contributed by atoms with van der Waals surface area (Å²) in [5.74, 6) is 2.00. The van der Waals surface area contributed by atoms with Gasteiger partial charge in [-0.2, -0.15) is 11.8 Å². The second kappa shape index (κ2) is 10.2. The molecular formula is C18H22FN3OS4. The summed E-state index contributed by atoms with van der Waals surface area (Å²) in [6.07, 6.45) is 0. The minimum Gasteiger partial charge on any atom is -0.324 e. The van der Waals surface area contributed by atoms with E-state index in [0.29, 0.717) is 0 Å². The Bertz CT molecular complexity index is 762. The molecule has 1 fully saturated rings. The molecule has 4 nitrogen and oxygen atoms in total. The van der Waals surface area contributed by atoms with E-state index in [-0.39, 0.29) is 17.8 Å². The van der Waals surface area contributed by atoms with Crippen LogP contribution < -0.4 is 10.0 Å². The van der Waals surface area contributed by atoms with Crippen molar-refractivity contribution in [2.75, 3.05) is 29.9 Å². The number of amides is 1. The molecule has 1 saturated heterocycles. The van der Waals surface area contributed by atoms with Gasteiger partial charge in [-0.25, -0.2) is 13.4 Å².